The predicted octanol–water partition coefficient (Wildman–Crippen LogP) is 5.10. The molecule has 186 valence electrons. The third kappa shape index (κ3) is 4.23. The van der Waals surface area contributed by atoms with Crippen molar-refractivity contribution in [1.29, 1.82) is 0 Å². The van der Waals surface area contributed by atoms with Crippen molar-refractivity contribution in [3.8, 4) is 0 Å². The van der Waals surface area contributed by atoms with E-state index < -0.39 is 0 Å². The largest absolute Gasteiger partial charge is 0.371 e. The first kappa shape index (κ1) is 23.0. The normalized spacial score (nSPS) is 17.8. The van der Waals surface area contributed by atoms with E-state index in [0.717, 1.165) is 62.6 Å². The Morgan fingerprint density at radius 3 is 2.69 bits per heavy atom. The van der Waals surface area contributed by atoms with Gasteiger partial charge in [-0.2, -0.15) is 0 Å². The number of aromatic nitrogens is 1. The Hall–Kier alpha value is -3.41. The highest BCUT2D eigenvalue weighted by Gasteiger charge is 2.38. The number of hydrogen-bond acceptors (Lipinski definition) is 4. The number of fused-ring (bicyclic) bond motifs is 3. The van der Waals surface area contributed by atoms with Crippen LogP contribution in [0.15, 0.2) is 48.5 Å². The van der Waals surface area contributed by atoms with E-state index >= 15 is 0 Å². The van der Waals surface area contributed by atoms with Crippen LogP contribution in [0.1, 0.15) is 76.9 Å². The number of anilines is 1. The highest BCUT2D eigenvalue weighted by Crippen LogP contribution is 2.34. The summed E-state index contributed by atoms with van der Waals surface area (Å²) in [6.45, 7) is 3.07. The Kier molecular flexibility index (Phi) is 6.34. The smallest absolute Gasteiger partial charge is 0.273 e. The first-order chi connectivity index (χ1) is 17.7. The van der Waals surface area contributed by atoms with Gasteiger partial charge in [0.15, 0.2) is 0 Å². The highest BCUT2D eigenvalue weighted by atomic mass is 16.2. The molecule has 6 nitrogen and oxygen atoms in total. The number of para-hydroxylation sites is 2. The van der Waals surface area contributed by atoms with Crippen molar-refractivity contribution in [1.82, 2.24) is 15.2 Å². The van der Waals surface area contributed by atoms with Crippen LogP contribution in [0.5, 0.6) is 0 Å². The molecule has 1 aromatic heterocycles. The van der Waals surface area contributed by atoms with E-state index in [1.165, 1.54) is 24.1 Å². The molecule has 0 unspecified atom stereocenters. The number of aryl methyl sites for hydroxylation is 1. The second-order valence-corrected chi connectivity index (χ2v) is 10.4. The molecule has 2 aliphatic heterocycles. The van der Waals surface area contributed by atoms with Crippen LogP contribution < -0.4 is 10.2 Å². The molecule has 3 aliphatic rings. The molecule has 36 heavy (non-hydrogen) atoms. The molecule has 2 aromatic carbocycles. The third-order valence-corrected chi connectivity index (χ3v) is 8.12. The lowest BCUT2D eigenvalue weighted by Crippen LogP contribution is -2.37. The Bertz CT molecular complexity index is 1300. The zero-order valence-electron chi connectivity index (χ0n) is 20.8. The lowest BCUT2D eigenvalue weighted by Gasteiger charge is -2.31. The van der Waals surface area contributed by atoms with Crippen LogP contribution in [0.4, 0.5) is 5.69 Å². The third-order valence-electron chi connectivity index (χ3n) is 8.12. The summed E-state index contributed by atoms with van der Waals surface area (Å²) < 4.78 is 0. The van der Waals surface area contributed by atoms with Crippen molar-refractivity contribution >= 4 is 28.4 Å². The Morgan fingerprint density at radius 2 is 1.81 bits per heavy atom. The van der Waals surface area contributed by atoms with E-state index in [2.05, 4.69) is 34.5 Å². The minimum atomic E-state index is -0.0952. The van der Waals surface area contributed by atoms with E-state index in [1.54, 1.807) is 0 Å². The molecule has 0 radical (unpaired) electrons. The van der Waals surface area contributed by atoms with E-state index in [-0.39, 0.29) is 17.9 Å². The number of carbonyl (C=O) groups excluding carboxylic acids is 2. The number of carbonyl (C=O) groups is 2. The van der Waals surface area contributed by atoms with Crippen LogP contribution in [0, 0.1) is 0 Å². The van der Waals surface area contributed by atoms with E-state index in [4.69, 9.17) is 4.98 Å². The van der Waals surface area contributed by atoms with Gasteiger partial charge in [0.1, 0.15) is 5.69 Å². The fourth-order valence-corrected chi connectivity index (χ4v) is 6.31. The molecule has 6 rings (SSSR count). The quantitative estimate of drug-likeness (QED) is 0.497. The molecule has 1 N–H and O–H groups in total. The monoisotopic (exact) mass is 482 g/mol. The molecule has 1 saturated carbocycles. The van der Waals surface area contributed by atoms with E-state index in [9.17, 15) is 9.59 Å². The molecule has 0 atom stereocenters. The summed E-state index contributed by atoms with van der Waals surface area (Å²) in [7, 11) is 0. The molecule has 3 aromatic rings. The average molecular weight is 483 g/mol. The SMILES string of the molecule is O=C(NCCCN1CCCc2ccccc21)c1c2c(nc3ccccc13)C(=O)N(C1CCCCC1)C2. The van der Waals surface area contributed by atoms with Gasteiger partial charge in [0, 0.05) is 48.9 Å². The van der Waals surface area contributed by atoms with Gasteiger partial charge in [-0.15, -0.1) is 0 Å². The zero-order valence-corrected chi connectivity index (χ0v) is 20.8. The summed E-state index contributed by atoms with van der Waals surface area (Å²) in [5.41, 5.74) is 5.35. The summed E-state index contributed by atoms with van der Waals surface area (Å²) in [6, 6.07) is 16.6. The Balaban J connectivity index is 1.19. The summed E-state index contributed by atoms with van der Waals surface area (Å²) in [5.74, 6) is -0.109. The van der Waals surface area contributed by atoms with Gasteiger partial charge in [-0.3, -0.25) is 9.59 Å². The van der Waals surface area contributed by atoms with Crippen LogP contribution in [0.25, 0.3) is 10.9 Å². The molecule has 0 bridgehead atoms. The zero-order chi connectivity index (χ0) is 24.5. The van der Waals surface area contributed by atoms with Crippen molar-refractivity contribution in [2.75, 3.05) is 24.5 Å². The molecule has 0 saturated heterocycles. The van der Waals surface area contributed by atoms with E-state index in [1.807, 2.05) is 29.2 Å². The maximum absolute atomic E-state index is 13.6. The van der Waals surface area contributed by atoms with Crippen LogP contribution in [0.2, 0.25) is 0 Å². The van der Waals surface area contributed by atoms with Gasteiger partial charge in [-0.25, -0.2) is 4.98 Å². The van der Waals surface area contributed by atoms with Gasteiger partial charge >= 0.3 is 0 Å². The number of benzene rings is 2. The number of nitrogens with one attached hydrogen (secondary N) is 1. The van der Waals surface area contributed by atoms with Gasteiger partial charge < -0.3 is 15.1 Å². The summed E-state index contributed by atoms with van der Waals surface area (Å²) in [5, 5.41) is 4.00. The lowest BCUT2D eigenvalue weighted by atomic mass is 9.94. The first-order valence-electron chi connectivity index (χ1n) is 13.5. The first-order valence-corrected chi connectivity index (χ1v) is 13.5. The van der Waals surface area contributed by atoms with Crippen LogP contribution >= 0.6 is 0 Å². The van der Waals surface area contributed by atoms with Crippen molar-refractivity contribution in [3.05, 3.63) is 70.9 Å². The standard InChI is InChI=1S/C30H34N4O2/c35-29(31-17-9-19-33-18-8-11-21-10-4-7-16-26(21)33)27-23-14-5-6-15-25(23)32-28-24(27)20-34(30(28)36)22-12-2-1-3-13-22/h4-7,10,14-16,22H,1-3,8-9,11-13,17-20H2,(H,31,35). The second kappa shape index (κ2) is 9.92. The van der Waals surface area contributed by atoms with Gasteiger partial charge in [-0.1, -0.05) is 55.7 Å². The Labute approximate surface area is 212 Å². The number of rotatable bonds is 6. The molecular weight excluding hydrogens is 448 g/mol. The number of nitrogens with zero attached hydrogens (tertiary/aromatic N) is 3. The van der Waals surface area contributed by atoms with Crippen molar-refractivity contribution < 1.29 is 9.59 Å². The highest BCUT2D eigenvalue weighted by molar-refractivity contribution is 6.11. The molecular formula is C30H34N4O2. The van der Waals surface area contributed by atoms with Crippen molar-refractivity contribution in [2.24, 2.45) is 0 Å². The van der Waals surface area contributed by atoms with Crippen molar-refractivity contribution in [2.45, 2.75) is 64.0 Å². The number of amides is 2. The van der Waals surface area contributed by atoms with Crippen LogP contribution in [-0.2, 0) is 13.0 Å². The maximum Gasteiger partial charge on any atom is 0.273 e. The molecule has 2 amide bonds. The van der Waals surface area contributed by atoms with Crippen LogP contribution in [0.3, 0.4) is 0 Å². The van der Waals surface area contributed by atoms with Gasteiger partial charge in [0.05, 0.1) is 11.1 Å². The van der Waals surface area contributed by atoms with Gasteiger partial charge in [0.25, 0.3) is 11.8 Å². The van der Waals surface area contributed by atoms with Crippen molar-refractivity contribution in [3.63, 3.8) is 0 Å². The molecule has 1 aliphatic carbocycles. The van der Waals surface area contributed by atoms with E-state index in [0.29, 0.717) is 29.9 Å². The second-order valence-electron chi connectivity index (χ2n) is 10.4. The number of hydrogen-bond donors (Lipinski definition) is 1. The maximum atomic E-state index is 13.6. The summed E-state index contributed by atoms with van der Waals surface area (Å²) in [6.07, 6.45) is 8.83. The molecule has 3 heterocycles. The molecule has 0 spiro atoms. The number of pyridine rings is 1. The molecule has 1 fully saturated rings. The summed E-state index contributed by atoms with van der Waals surface area (Å²) in [4.78, 5) is 36.1. The van der Waals surface area contributed by atoms with Crippen LogP contribution in [-0.4, -0.2) is 47.4 Å². The summed E-state index contributed by atoms with van der Waals surface area (Å²) >= 11 is 0. The van der Waals surface area contributed by atoms with Gasteiger partial charge in [0.2, 0.25) is 0 Å². The average Bonchev–Trinajstić information content (AvgIpc) is 3.25. The lowest BCUT2D eigenvalue weighted by molar-refractivity contribution is 0.0655. The fourth-order valence-electron chi connectivity index (χ4n) is 6.31. The minimum absolute atomic E-state index is 0.0135. The Morgan fingerprint density at radius 1 is 1.00 bits per heavy atom. The topological polar surface area (TPSA) is 65.5 Å². The fraction of sp³-hybridized carbons (Fsp3) is 0.433. The molecule has 6 heteroatoms. The van der Waals surface area contributed by atoms with Gasteiger partial charge in [-0.05, 0) is 49.8 Å². The predicted molar refractivity (Wildman–Crippen MR) is 142 cm³/mol. The minimum Gasteiger partial charge on any atom is -0.371 e.